The maximum Gasteiger partial charge on any atom is 0.274 e. The second kappa shape index (κ2) is 9.31. The first kappa shape index (κ1) is 22.3. The molecule has 172 valence electrons. The molecule has 1 aliphatic carbocycles. The first-order valence-electron chi connectivity index (χ1n) is 10.3. The van der Waals surface area contributed by atoms with E-state index in [2.05, 4.69) is 20.9 Å². The number of aromatic nitrogens is 3. The lowest BCUT2D eigenvalue weighted by molar-refractivity contribution is 0.0939. The average Bonchev–Trinajstić information content (AvgIpc) is 3.52. The van der Waals surface area contributed by atoms with Gasteiger partial charge >= 0.3 is 0 Å². The van der Waals surface area contributed by atoms with Crippen LogP contribution in [0.1, 0.15) is 46.3 Å². The standard InChI is InChI=1S/C22H20F3N5O3/c1-2-26-21(31)12-3-7-14(8-4-12)30-17(19(28-29-30)22(32)27-13-5-6-13)11-33-20-16(24)10-9-15(23)18(20)25/h3-4,7-10,13H,2,5-6,11H2,1H3,(H,26,31)(H,27,32). The molecule has 0 saturated heterocycles. The zero-order chi connectivity index (χ0) is 23.5. The Morgan fingerprint density at radius 1 is 1.06 bits per heavy atom. The number of benzene rings is 2. The fraction of sp³-hybridized carbons (Fsp3) is 0.273. The van der Waals surface area contributed by atoms with Gasteiger partial charge in [-0.05, 0) is 56.2 Å². The molecule has 0 bridgehead atoms. The van der Waals surface area contributed by atoms with Gasteiger partial charge in [0.25, 0.3) is 11.8 Å². The molecule has 1 heterocycles. The average molecular weight is 459 g/mol. The molecule has 0 aliphatic heterocycles. The summed E-state index contributed by atoms with van der Waals surface area (Å²) in [4.78, 5) is 24.6. The lowest BCUT2D eigenvalue weighted by Gasteiger charge is -2.12. The van der Waals surface area contributed by atoms with E-state index in [4.69, 9.17) is 4.74 Å². The number of halogens is 3. The molecule has 0 atom stereocenters. The number of ether oxygens (including phenoxy) is 1. The lowest BCUT2D eigenvalue weighted by atomic mass is 10.2. The Hall–Kier alpha value is -3.89. The second-order valence-electron chi connectivity index (χ2n) is 7.41. The summed E-state index contributed by atoms with van der Waals surface area (Å²) in [6, 6.07) is 7.69. The predicted molar refractivity (Wildman–Crippen MR) is 111 cm³/mol. The molecule has 33 heavy (non-hydrogen) atoms. The molecular weight excluding hydrogens is 439 g/mol. The number of carbonyl (C=O) groups is 2. The van der Waals surface area contributed by atoms with Crippen LogP contribution >= 0.6 is 0 Å². The Bertz CT molecular complexity index is 1190. The molecule has 1 fully saturated rings. The number of amides is 2. The zero-order valence-corrected chi connectivity index (χ0v) is 17.6. The molecule has 0 spiro atoms. The third kappa shape index (κ3) is 4.81. The Kier molecular flexibility index (Phi) is 6.29. The Morgan fingerprint density at radius 3 is 2.42 bits per heavy atom. The van der Waals surface area contributed by atoms with Gasteiger partial charge in [0.1, 0.15) is 12.3 Å². The van der Waals surface area contributed by atoms with Crippen molar-refractivity contribution in [2.45, 2.75) is 32.4 Å². The van der Waals surface area contributed by atoms with Gasteiger partial charge in [-0.2, -0.15) is 4.39 Å². The number of hydrogen-bond donors (Lipinski definition) is 2. The van der Waals surface area contributed by atoms with Crippen LogP contribution < -0.4 is 15.4 Å². The maximum atomic E-state index is 14.0. The number of hydrogen-bond acceptors (Lipinski definition) is 5. The van der Waals surface area contributed by atoms with Crippen LogP contribution in [0.25, 0.3) is 5.69 Å². The van der Waals surface area contributed by atoms with E-state index in [1.165, 1.54) is 4.68 Å². The summed E-state index contributed by atoms with van der Waals surface area (Å²) in [5.41, 5.74) is 0.850. The highest BCUT2D eigenvalue weighted by molar-refractivity contribution is 5.94. The number of nitrogens with one attached hydrogen (secondary N) is 2. The van der Waals surface area contributed by atoms with E-state index >= 15 is 0 Å². The van der Waals surface area contributed by atoms with Gasteiger partial charge in [-0.3, -0.25) is 9.59 Å². The van der Waals surface area contributed by atoms with Crippen LogP contribution in [0.15, 0.2) is 36.4 Å². The summed E-state index contributed by atoms with van der Waals surface area (Å²) >= 11 is 0. The Labute approximate surface area is 186 Å². The van der Waals surface area contributed by atoms with E-state index < -0.39 is 35.7 Å². The van der Waals surface area contributed by atoms with Crippen LogP contribution in [0.3, 0.4) is 0 Å². The highest BCUT2D eigenvalue weighted by Gasteiger charge is 2.28. The largest absolute Gasteiger partial charge is 0.481 e. The van der Waals surface area contributed by atoms with Crippen LogP contribution in [-0.2, 0) is 6.61 Å². The van der Waals surface area contributed by atoms with Gasteiger partial charge in [-0.15, -0.1) is 5.10 Å². The Morgan fingerprint density at radius 2 is 1.76 bits per heavy atom. The van der Waals surface area contributed by atoms with E-state index in [0.29, 0.717) is 23.9 Å². The van der Waals surface area contributed by atoms with Gasteiger partial charge in [0.2, 0.25) is 5.82 Å². The van der Waals surface area contributed by atoms with Crippen molar-refractivity contribution in [1.29, 1.82) is 0 Å². The smallest absolute Gasteiger partial charge is 0.274 e. The maximum absolute atomic E-state index is 14.0. The molecule has 1 aromatic heterocycles. The molecule has 0 unspecified atom stereocenters. The van der Waals surface area contributed by atoms with E-state index in [1.54, 1.807) is 31.2 Å². The molecule has 3 aromatic rings. The molecule has 4 rings (SSSR count). The highest BCUT2D eigenvalue weighted by atomic mass is 19.2. The van der Waals surface area contributed by atoms with Crippen LogP contribution in [0, 0.1) is 17.5 Å². The molecule has 11 heteroatoms. The minimum atomic E-state index is -1.48. The normalized spacial score (nSPS) is 13.0. The second-order valence-corrected chi connectivity index (χ2v) is 7.41. The fourth-order valence-corrected chi connectivity index (χ4v) is 3.09. The Balaban J connectivity index is 1.66. The summed E-state index contributed by atoms with van der Waals surface area (Å²) in [6.45, 7) is 1.75. The molecule has 1 saturated carbocycles. The molecule has 2 N–H and O–H groups in total. The van der Waals surface area contributed by atoms with E-state index in [9.17, 15) is 22.8 Å². The van der Waals surface area contributed by atoms with Crippen molar-refractivity contribution in [2.24, 2.45) is 0 Å². The third-order valence-electron chi connectivity index (χ3n) is 4.96. The number of carbonyl (C=O) groups excluding carboxylic acids is 2. The summed E-state index contributed by atoms with van der Waals surface area (Å²) in [5.74, 6) is -5.53. The van der Waals surface area contributed by atoms with Crippen molar-refractivity contribution in [3.63, 3.8) is 0 Å². The number of rotatable bonds is 8. The first-order chi connectivity index (χ1) is 15.9. The van der Waals surface area contributed by atoms with Crippen LogP contribution in [0.2, 0.25) is 0 Å². The predicted octanol–water partition coefficient (Wildman–Crippen LogP) is 2.91. The van der Waals surface area contributed by atoms with E-state index in [-0.39, 0.29) is 23.3 Å². The summed E-state index contributed by atoms with van der Waals surface area (Å²) in [5, 5.41) is 13.4. The molecule has 2 amide bonds. The fourth-order valence-electron chi connectivity index (χ4n) is 3.09. The van der Waals surface area contributed by atoms with Crippen molar-refractivity contribution >= 4 is 11.8 Å². The van der Waals surface area contributed by atoms with Gasteiger partial charge in [0.05, 0.1) is 5.69 Å². The van der Waals surface area contributed by atoms with Crippen molar-refractivity contribution in [3.05, 3.63) is 70.8 Å². The summed E-state index contributed by atoms with van der Waals surface area (Å²) < 4.78 is 48.1. The van der Waals surface area contributed by atoms with E-state index in [1.807, 2.05) is 0 Å². The quantitative estimate of drug-likeness (QED) is 0.505. The first-order valence-corrected chi connectivity index (χ1v) is 10.3. The van der Waals surface area contributed by atoms with Crippen molar-refractivity contribution in [3.8, 4) is 11.4 Å². The summed E-state index contributed by atoms with van der Waals surface area (Å²) in [6.07, 6.45) is 1.68. The minimum Gasteiger partial charge on any atom is -0.481 e. The lowest BCUT2D eigenvalue weighted by Crippen LogP contribution is -2.27. The van der Waals surface area contributed by atoms with Crippen molar-refractivity contribution in [2.75, 3.05) is 6.54 Å². The van der Waals surface area contributed by atoms with Crippen LogP contribution in [-0.4, -0.2) is 39.4 Å². The molecule has 1 aliphatic rings. The van der Waals surface area contributed by atoms with Gasteiger partial charge in [-0.1, -0.05) is 5.21 Å². The molecule has 8 nitrogen and oxygen atoms in total. The van der Waals surface area contributed by atoms with Gasteiger partial charge in [-0.25, -0.2) is 13.5 Å². The highest BCUT2D eigenvalue weighted by Crippen LogP contribution is 2.26. The number of nitrogens with zero attached hydrogens (tertiary/aromatic N) is 3. The SMILES string of the molecule is CCNC(=O)c1ccc(-n2nnc(C(=O)NC3CC3)c2COc2c(F)ccc(F)c2F)cc1. The topological polar surface area (TPSA) is 98.1 Å². The zero-order valence-electron chi connectivity index (χ0n) is 17.6. The van der Waals surface area contributed by atoms with Gasteiger partial charge in [0, 0.05) is 18.2 Å². The van der Waals surface area contributed by atoms with Crippen LogP contribution in [0.4, 0.5) is 13.2 Å². The third-order valence-corrected chi connectivity index (χ3v) is 4.96. The van der Waals surface area contributed by atoms with Crippen molar-refractivity contribution in [1.82, 2.24) is 25.6 Å². The molecule has 0 radical (unpaired) electrons. The molecule has 2 aromatic carbocycles. The van der Waals surface area contributed by atoms with Crippen molar-refractivity contribution < 1.29 is 27.5 Å². The monoisotopic (exact) mass is 459 g/mol. The van der Waals surface area contributed by atoms with E-state index in [0.717, 1.165) is 18.9 Å². The van der Waals surface area contributed by atoms with Gasteiger partial charge < -0.3 is 15.4 Å². The summed E-state index contributed by atoms with van der Waals surface area (Å²) in [7, 11) is 0. The van der Waals surface area contributed by atoms with Gasteiger partial charge in [0.15, 0.2) is 23.1 Å². The van der Waals surface area contributed by atoms with Crippen LogP contribution in [0.5, 0.6) is 5.75 Å². The minimum absolute atomic E-state index is 0.0332. The molecular formula is C22H20F3N5O3.